The number of furan rings is 1. The van der Waals surface area contributed by atoms with Crippen molar-refractivity contribution in [1.82, 2.24) is 0 Å². The van der Waals surface area contributed by atoms with Crippen LogP contribution in [-0.2, 0) is 0 Å². The molecule has 90 valence electrons. The monoisotopic (exact) mass is 316 g/mol. The van der Waals surface area contributed by atoms with E-state index >= 15 is 0 Å². The number of aryl methyl sites for hydroxylation is 2. The first kappa shape index (κ1) is 12.7. The molecule has 4 heteroatoms. The van der Waals surface area contributed by atoms with Crippen molar-refractivity contribution < 1.29 is 8.81 Å². The van der Waals surface area contributed by atoms with Crippen LogP contribution in [0.1, 0.15) is 27.3 Å². The van der Waals surface area contributed by atoms with Gasteiger partial charge in [0.25, 0.3) is 0 Å². The Balaban J connectivity index is 2.43. The van der Waals surface area contributed by atoms with Gasteiger partial charge in [0.2, 0.25) is 0 Å². The van der Waals surface area contributed by atoms with Crippen LogP contribution in [0.15, 0.2) is 28.9 Å². The van der Waals surface area contributed by atoms with E-state index in [4.69, 9.17) is 16.0 Å². The summed E-state index contributed by atoms with van der Waals surface area (Å²) in [5, 5.41) is 0.411. The van der Waals surface area contributed by atoms with Crippen LogP contribution < -0.4 is 0 Å². The first-order chi connectivity index (χ1) is 7.99. The van der Waals surface area contributed by atoms with Crippen molar-refractivity contribution in [3.05, 3.63) is 57.8 Å². The Morgan fingerprint density at radius 3 is 2.59 bits per heavy atom. The molecule has 1 atom stereocenters. The molecule has 17 heavy (non-hydrogen) atoms. The Labute approximate surface area is 113 Å². The van der Waals surface area contributed by atoms with Crippen LogP contribution in [0.2, 0.25) is 5.02 Å². The first-order valence-electron chi connectivity index (χ1n) is 5.13. The number of rotatable bonds is 2. The summed E-state index contributed by atoms with van der Waals surface area (Å²) >= 11 is 9.60. The molecule has 1 aromatic carbocycles. The average Bonchev–Trinajstić information content (AvgIpc) is 2.69. The molecule has 0 aliphatic heterocycles. The lowest BCUT2D eigenvalue weighted by atomic mass is 10.0. The minimum atomic E-state index is -0.290. The van der Waals surface area contributed by atoms with E-state index in [0.29, 0.717) is 10.6 Å². The van der Waals surface area contributed by atoms with Crippen molar-refractivity contribution >= 4 is 27.5 Å². The van der Waals surface area contributed by atoms with E-state index in [1.807, 2.05) is 13.0 Å². The highest BCUT2D eigenvalue weighted by molar-refractivity contribution is 9.09. The molecule has 1 nitrogen and oxygen atoms in total. The zero-order valence-electron chi connectivity index (χ0n) is 9.43. The molecule has 0 radical (unpaired) electrons. The van der Waals surface area contributed by atoms with Gasteiger partial charge in [0, 0.05) is 10.6 Å². The molecule has 0 saturated carbocycles. The summed E-state index contributed by atoms with van der Waals surface area (Å²) in [6.45, 7) is 3.59. The molecular formula is C13H11BrClFO. The number of halogens is 3. The number of hydrogen-bond acceptors (Lipinski definition) is 1. The number of benzene rings is 1. The normalized spacial score (nSPS) is 12.8. The third kappa shape index (κ3) is 2.55. The van der Waals surface area contributed by atoms with E-state index in [0.717, 1.165) is 16.9 Å². The molecular weight excluding hydrogens is 306 g/mol. The van der Waals surface area contributed by atoms with Crippen molar-refractivity contribution in [1.29, 1.82) is 0 Å². The highest BCUT2D eigenvalue weighted by Gasteiger charge is 2.17. The summed E-state index contributed by atoms with van der Waals surface area (Å²) in [5.41, 5.74) is 2.39. The highest BCUT2D eigenvalue weighted by Crippen LogP contribution is 2.37. The Kier molecular flexibility index (Phi) is 3.59. The van der Waals surface area contributed by atoms with Gasteiger partial charge in [0.1, 0.15) is 11.6 Å². The molecule has 1 unspecified atom stereocenters. The standard InChI is InChI=1S/C13H11BrClFO/c1-7-3-10(11(15)5-12(7)16)13(14)9-4-8(2)17-6-9/h3-6,13H,1-2H3. The van der Waals surface area contributed by atoms with Crippen molar-refractivity contribution in [2.24, 2.45) is 0 Å². The smallest absolute Gasteiger partial charge is 0.127 e. The first-order valence-corrected chi connectivity index (χ1v) is 6.43. The van der Waals surface area contributed by atoms with Gasteiger partial charge in [-0.3, -0.25) is 0 Å². The molecule has 1 heterocycles. The summed E-state index contributed by atoms with van der Waals surface area (Å²) in [4.78, 5) is -0.0910. The lowest BCUT2D eigenvalue weighted by molar-refractivity contribution is 0.532. The quantitative estimate of drug-likeness (QED) is 0.696. The summed E-state index contributed by atoms with van der Waals surface area (Å²) in [5.74, 6) is 0.543. The fourth-order valence-corrected chi connectivity index (χ4v) is 2.66. The van der Waals surface area contributed by atoms with Gasteiger partial charge < -0.3 is 4.42 Å². The van der Waals surface area contributed by atoms with E-state index in [9.17, 15) is 4.39 Å². The van der Waals surface area contributed by atoms with Crippen molar-refractivity contribution in [3.63, 3.8) is 0 Å². The fraction of sp³-hybridized carbons (Fsp3) is 0.231. The second-order valence-electron chi connectivity index (χ2n) is 3.98. The molecule has 0 spiro atoms. The highest BCUT2D eigenvalue weighted by atomic mass is 79.9. The van der Waals surface area contributed by atoms with Crippen molar-refractivity contribution in [2.45, 2.75) is 18.7 Å². The zero-order valence-corrected chi connectivity index (χ0v) is 11.8. The van der Waals surface area contributed by atoms with Crippen LogP contribution in [0.4, 0.5) is 4.39 Å². The third-order valence-electron chi connectivity index (χ3n) is 2.59. The van der Waals surface area contributed by atoms with Crippen LogP contribution in [0.3, 0.4) is 0 Å². The molecule has 1 aromatic heterocycles. The van der Waals surface area contributed by atoms with E-state index in [-0.39, 0.29) is 10.6 Å². The van der Waals surface area contributed by atoms with Gasteiger partial charge in [-0.25, -0.2) is 4.39 Å². The van der Waals surface area contributed by atoms with Crippen molar-refractivity contribution in [2.75, 3.05) is 0 Å². The maximum Gasteiger partial charge on any atom is 0.127 e. The fourth-order valence-electron chi connectivity index (χ4n) is 1.65. The van der Waals surface area contributed by atoms with E-state index < -0.39 is 0 Å². The van der Waals surface area contributed by atoms with Crippen LogP contribution in [-0.4, -0.2) is 0 Å². The average molecular weight is 318 g/mol. The summed E-state index contributed by atoms with van der Waals surface area (Å²) in [6.07, 6.45) is 1.67. The Bertz CT molecular complexity index is 550. The summed E-state index contributed by atoms with van der Waals surface area (Å²) in [6, 6.07) is 5.02. The van der Waals surface area contributed by atoms with E-state index in [2.05, 4.69) is 15.9 Å². The number of alkyl halides is 1. The van der Waals surface area contributed by atoms with Gasteiger partial charge in [-0.1, -0.05) is 33.6 Å². The van der Waals surface area contributed by atoms with Gasteiger partial charge >= 0.3 is 0 Å². The van der Waals surface area contributed by atoms with Crippen LogP contribution in [0.5, 0.6) is 0 Å². The Hall–Kier alpha value is -0.800. The van der Waals surface area contributed by atoms with E-state index in [1.165, 1.54) is 6.07 Å². The van der Waals surface area contributed by atoms with E-state index in [1.54, 1.807) is 19.3 Å². The molecule has 0 saturated heterocycles. The van der Waals surface area contributed by atoms with Gasteiger partial charge in [0.05, 0.1) is 11.1 Å². The topological polar surface area (TPSA) is 13.1 Å². The third-order valence-corrected chi connectivity index (χ3v) is 3.94. The molecule has 0 bridgehead atoms. The maximum atomic E-state index is 13.3. The van der Waals surface area contributed by atoms with Crippen LogP contribution >= 0.6 is 27.5 Å². The lowest BCUT2D eigenvalue weighted by Crippen LogP contribution is -1.95. The SMILES string of the molecule is Cc1cc(C(Br)c2cc(C)c(F)cc2Cl)co1. The molecule has 2 rings (SSSR count). The number of hydrogen-bond donors (Lipinski definition) is 0. The second kappa shape index (κ2) is 4.83. The van der Waals surface area contributed by atoms with Crippen molar-refractivity contribution in [3.8, 4) is 0 Å². The predicted octanol–water partition coefficient (Wildman–Crippen LogP) is 5.17. The molecule has 0 amide bonds. The maximum absolute atomic E-state index is 13.3. The van der Waals surface area contributed by atoms with Gasteiger partial charge in [-0.05, 0) is 37.1 Å². The Morgan fingerprint density at radius 1 is 1.29 bits per heavy atom. The summed E-state index contributed by atoms with van der Waals surface area (Å²) in [7, 11) is 0. The lowest BCUT2D eigenvalue weighted by Gasteiger charge is -2.11. The van der Waals surface area contributed by atoms with Crippen LogP contribution in [0, 0.1) is 19.7 Å². The molecule has 0 aliphatic carbocycles. The molecule has 0 fully saturated rings. The minimum absolute atomic E-state index is 0.0910. The predicted molar refractivity (Wildman–Crippen MR) is 70.4 cm³/mol. The van der Waals surface area contributed by atoms with Gasteiger partial charge in [-0.15, -0.1) is 0 Å². The summed E-state index contributed by atoms with van der Waals surface area (Å²) < 4.78 is 18.6. The molecule has 2 aromatic rings. The van der Waals surface area contributed by atoms with Gasteiger partial charge in [-0.2, -0.15) is 0 Å². The van der Waals surface area contributed by atoms with Crippen LogP contribution in [0.25, 0.3) is 0 Å². The van der Waals surface area contributed by atoms with Gasteiger partial charge in [0.15, 0.2) is 0 Å². The zero-order chi connectivity index (χ0) is 12.6. The molecule has 0 aliphatic rings. The minimum Gasteiger partial charge on any atom is -0.469 e. The Morgan fingerprint density at radius 2 is 2.00 bits per heavy atom. The molecule has 0 N–H and O–H groups in total. The largest absolute Gasteiger partial charge is 0.469 e. The second-order valence-corrected chi connectivity index (χ2v) is 5.30.